The Kier molecular flexibility index (Phi) is 5.39. The van der Waals surface area contributed by atoms with Crippen LogP contribution in [0.1, 0.15) is 11.1 Å². The Bertz CT molecular complexity index is 1650. The number of hydrogen-bond acceptors (Lipinski definition) is 1. The minimum atomic E-state index is -1.68. The second-order valence-electron chi connectivity index (χ2n) is 12.0. The molecule has 0 saturated heterocycles. The van der Waals surface area contributed by atoms with Crippen LogP contribution in [0.5, 0.6) is 0 Å². The van der Waals surface area contributed by atoms with E-state index in [9.17, 15) is 4.39 Å². The number of benzene rings is 3. The van der Waals surface area contributed by atoms with E-state index in [2.05, 4.69) is 95.1 Å². The first-order valence-electron chi connectivity index (χ1n) is 12.4. The fourth-order valence-corrected chi connectivity index (χ4v) is 7.97. The van der Waals surface area contributed by atoms with E-state index in [1.807, 2.05) is 6.07 Å². The van der Waals surface area contributed by atoms with Gasteiger partial charge in [0, 0.05) is 34.4 Å². The molecule has 0 atom stereocenters. The molecule has 3 aromatic carbocycles. The predicted molar refractivity (Wildman–Crippen MR) is 153 cm³/mol. The van der Waals surface area contributed by atoms with Crippen LogP contribution in [0.25, 0.3) is 44.1 Å². The van der Waals surface area contributed by atoms with Crippen LogP contribution in [0, 0.1) is 19.7 Å². The molecule has 0 amide bonds. The van der Waals surface area contributed by atoms with Crippen LogP contribution in [0.15, 0.2) is 52.9 Å². The Morgan fingerprint density at radius 2 is 1.49 bits per heavy atom. The number of aromatic nitrogens is 1. The average molecular weight is 501 g/mol. The minimum absolute atomic E-state index is 0.276. The highest BCUT2D eigenvalue weighted by Gasteiger charge is 2.30. The van der Waals surface area contributed by atoms with Gasteiger partial charge >= 0.3 is 0 Å². The van der Waals surface area contributed by atoms with Crippen molar-refractivity contribution in [1.82, 2.24) is 0 Å². The van der Waals surface area contributed by atoms with Gasteiger partial charge in [-0.15, -0.1) is 0 Å². The van der Waals surface area contributed by atoms with Crippen molar-refractivity contribution in [1.29, 1.82) is 0 Å². The molecule has 0 fully saturated rings. The van der Waals surface area contributed by atoms with Gasteiger partial charge in [0.1, 0.15) is 24.0 Å². The van der Waals surface area contributed by atoms with Crippen molar-refractivity contribution in [3.63, 3.8) is 0 Å². The maximum atomic E-state index is 14.0. The predicted octanol–water partition coefficient (Wildman–Crippen LogP) is 7.08. The maximum Gasteiger partial charge on any atom is 0.216 e. The van der Waals surface area contributed by atoms with E-state index in [-0.39, 0.29) is 5.82 Å². The molecular weight excluding hydrogens is 466 g/mol. The largest absolute Gasteiger partial charge is 0.455 e. The SMILES string of the molecule is Cc1cc2c(oc3cc(F)ccc32)c(-c2cc([Si](C)(C)C)c3cc([Si](C)(C)C)ccc3[n+]2C)c1C. The summed E-state index contributed by atoms with van der Waals surface area (Å²) in [5.41, 5.74) is 7.36. The number of fused-ring (bicyclic) bond motifs is 4. The van der Waals surface area contributed by atoms with Crippen LogP contribution < -0.4 is 14.9 Å². The summed E-state index contributed by atoms with van der Waals surface area (Å²) in [6.07, 6.45) is 0. The van der Waals surface area contributed by atoms with Gasteiger partial charge < -0.3 is 4.42 Å². The topological polar surface area (TPSA) is 17.0 Å². The van der Waals surface area contributed by atoms with E-state index in [4.69, 9.17) is 4.42 Å². The van der Waals surface area contributed by atoms with E-state index < -0.39 is 16.1 Å². The molecule has 0 unspecified atom stereocenters. The van der Waals surface area contributed by atoms with E-state index in [0.29, 0.717) is 5.58 Å². The summed E-state index contributed by atoms with van der Waals surface area (Å²) in [4.78, 5) is 0. The second-order valence-corrected chi connectivity index (χ2v) is 22.2. The van der Waals surface area contributed by atoms with Crippen molar-refractivity contribution >= 4 is 59.4 Å². The average Bonchev–Trinajstić information content (AvgIpc) is 3.10. The van der Waals surface area contributed by atoms with Crippen molar-refractivity contribution < 1.29 is 13.4 Å². The lowest BCUT2D eigenvalue weighted by atomic mass is 9.96. The minimum Gasteiger partial charge on any atom is -0.455 e. The second kappa shape index (κ2) is 7.87. The van der Waals surface area contributed by atoms with Gasteiger partial charge in [0.2, 0.25) is 11.2 Å². The molecule has 0 aliphatic heterocycles. The number of furan rings is 1. The molecule has 180 valence electrons. The molecule has 2 aromatic heterocycles. The number of rotatable bonds is 3. The zero-order valence-corrected chi connectivity index (χ0v) is 24.4. The molecule has 0 spiro atoms. The van der Waals surface area contributed by atoms with Crippen LogP contribution in [0.3, 0.4) is 0 Å². The normalized spacial score (nSPS) is 12.9. The summed E-state index contributed by atoms with van der Waals surface area (Å²) >= 11 is 0. The highest BCUT2D eigenvalue weighted by Crippen LogP contribution is 2.39. The molecule has 0 aliphatic carbocycles. The summed E-state index contributed by atoms with van der Waals surface area (Å²) in [7, 11) is -0.964. The van der Waals surface area contributed by atoms with E-state index in [0.717, 1.165) is 27.6 Å². The van der Waals surface area contributed by atoms with Crippen LogP contribution in [-0.2, 0) is 7.05 Å². The Hall–Kier alpha value is -2.77. The standard InChI is InChI=1S/C30H35FNOSi2/c1-18-14-23-22-12-10-20(31)15-27(22)33-30(23)29(19(18)2)26-17-28(35(7,8)9)24-16-21(34(4,5)6)11-13-25(24)32(26)3/h10-17H,1-9H3/q+1. The molecule has 2 heterocycles. The number of pyridine rings is 1. The maximum absolute atomic E-state index is 14.0. The highest BCUT2D eigenvalue weighted by molar-refractivity contribution is 6.91. The summed E-state index contributed by atoms with van der Waals surface area (Å²) in [5.74, 6) is -0.276. The smallest absolute Gasteiger partial charge is 0.216 e. The lowest BCUT2D eigenvalue weighted by molar-refractivity contribution is -0.633. The van der Waals surface area contributed by atoms with Crippen molar-refractivity contribution in [2.75, 3.05) is 0 Å². The Morgan fingerprint density at radius 3 is 2.14 bits per heavy atom. The van der Waals surface area contributed by atoms with Crippen LogP contribution in [0.2, 0.25) is 39.3 Å². The molecule has 0 N–H and O–H groups in total. The number of nitrogens with zero attached hydrogens (tertiary/aromatic N) is 1. The molecule has 0 radical (unpaired) electrons. The lowest BCUT2D eigenvalue weighted by Gasteiger charge is -2.22. The van der Waals surface area contributed by atoms with E-state index in [1.165, 1.54) is 44.5 Å². The van der Waals surface area contributed by atoms with Crippen molar-refractivity contribution in [2.45, 2.75) is 53.1 Å². The molecule has 0 saturated carbocycles. The quantitative estimate of drug-likeness (QED) is 0.191. The van der Waals surface area contributed by atoms with Crippen molar-refractivity contribution in [2.24, 2.45) is 7.05 Å². The first-order chi connectivity index (χ1) is 16.3. The van der Waals surface area contributed by atoms with E-state index >= 15 is 0 Å². The molecule has 0 aliphatic rings. The molecule has 35 heavy (non-hydrogen) atoms. The van der Waals surface area contributed by atoms with Crippen LogP contribution >= 0.6 is 0 Å². The first kappa shape index (κ1) is 24.0. The van der Waals surface area contributed by atoms with Crippen molar-refractivity contribution in [3.8, 4) is 11.3 Å². The van der Waals surface area contributed by atoms with Gasteiger partial charge in [0.25, 0.3) is 0 Å². The Morgan fingerprint density at radius 1 is 0.771 bits per heavy atom. The molecule has 0 bridgehead atoms. The third kappa shape index (κ3) is 3.85. The molecular formula is C30H35FNOSi2+. The summed E-state index contributed by atoms with van der Waals surface area (Å²) in [6, 6.07) is 16.5. The lowest BCUT2D eigenvalue weighted by Crippen LogP contribution is -2.45. The zero-order chi connectivity index (χ0) is 25.4. The number of aryl methyl sites for hydroxylation is 2. The van der Waals surface area contributed by atoms with Gasteiger partial charge in [-0.2, -0.15) is 4.57 Å². The van der Waals surface area contributed by atoms with Crippen LogP contribution in [-0.4, -0.2) is 16.1 Å². The summed E-state index contributed by atoms with van der Waals surface area (Å²) in [6.45, 7) is 18.8. The summed E-state index contributed by atoms with van der Waals surface area (Å²) in [5, 5.41) is 6.34. The third-order valence-electron chi connectivity index (χ3n) is 7.47. The van der Waals surface area contributed by atoms with Gasteiger partial charge in [-0.3, -0.25) is 0 Å². The van der Waals surface area contributed by atoms with Crippen LogP contribution in [0.4, 0.5) is 4.39 Å². The highest BCUT2D eigenvalue weighted by atomic mass is 28.3. The molecule has 5 aromatic rings. The van der Waals surface area contributed by atoms with Gasteiger partial charge in [-0.25, -0.2) is 4.39 Å². The summed E-state index contributed by atoms with van der Waals surface area (Å²) < 4.78 is 22.7. The first-order valence-corrected chi connectivity index (χ1v) is 19.4. The van der Waals surface area contributed by atoms with Gasteiger partial charge in [0.05, 0.1) is 21.7 Å². The molecule has 2 nitrogen and oxygen atoms in total. The van der Waals surface area contributed by atoms with Crippen molar-refractivity contribution in [3.05, 3.63) is 65.5 Å². The number of halogens is 1. The van der Waals surface area contributed by atoms with Gasteiger partial charge in [-0.1, -0.05) is 50.5 Å². The molecule has 5 heteroatoms. The third-order valence-corrected chi connectivity index (χ3v) is 11.5. The van der Waals surface area contributed by atoms with E-state index in [1.54, 1.807) is 0 Å². The Labute approximate surface area is 209 Å². The number of hydrogen-bond donors (Lipinski definition) is 0. The van der Waals surface area contributed by atoms with Gasteiger partial charge in [0.15, 0.2) is 0 Å². The monoisotopic (exact) mass is 500 g/mol. The Balaban J connectivity index is 1.93. The molecule has 5 rings (SSSR count). The fraction of sp³-hybridized carbons (Fsp3) is 0.300. The zero-order valence-electron chi connectivity index (χ0n) is 22.4. The van der Waals surface area contributed by atoms with Gasteiger partial charge in [-0.05, 0) is 54.4 Å². The fourth-order valence-electron chi connectivity index (χ4n) is 5.23.